The highest BCUT2D eigenvalue weighted by molar-refractivity contribution is 7.19. The van der Waals surface area contributed by atoms with Gasteiger partial charge < -0.3 is 0 Å². The van der Waals surface area contributed by atoms with Crippen LogP contribution in [0.4, 0.5) is 0 Å². The fourth-order valence-electron chi connectivity index (χ4n) is 0.887. The third-order valence-electron chi connectivity index (χ3n) is 1.51. The highest BCUT2D eigenvalue weighted by atomic mass is 31.0. The van der Waals surface area contributed by atoms with Crippen LogP contribution in [-0.2, 0) is 0 Å². The zero-order valence-electron chi connectivity index (χ0n) is 7.18. The smallest absolute Gasteiger partial charge is 0.0436 e. The van der Waals surface area contributed by atoms with Crippen molar-refractivity contribution in [3.05, 3.63) is 11.6 Å². The predicted octanol–water partition coefficient (Wildman–Crippen LogP) is 2.29. The van der Waals surface area contributed by atoms with E-state index in [0.29, 0.717) is 5.66 Å². The van der Waals surface area contributed by atoms with Crippen LogP contribution in [0.25, 0.3) is 0 Å². The van der Waals surface area contributed by atoms with E-state index >= 15 is 0 Å². The number of hydrogen-bond acceptors (Lipinski definition) is 1. The van der Waals surface area contributed by atoms with Gasteiger partial charge in [-0.1, -0.05) is 13.0 Å². The van der Waals surface area contributed by atoms with E-state index in [1.807, 2.05) is 14.0 Å². The molecule has 10 heavy (non-hydrogen) atoms. The number of hydrogen-bond donors (Lipinski definition) is 0. The van der Waals surface area contributed by atoms with Crippen molar-refractivity contribution in [3.63, 3.8) is 0 Å². The minimum Gasteiger partial charge on any atom is -0.292 e. The Labute approximate surface area is 65.8 Å². The van der Waals surface area contributed by atoms with Gasteiger partial charge in [0.2, 0.25) is 0 Å². The third kappa shape index (κ3) is 2.62. The molecule has 0 radical (unpaired) electrons. The normalized spacial score (nSPS) is 17.3. The Balaban J connectivity index is 4.39. The highest BCUT2D eigenvalue weighted by Crippen LogP contribution is 2.08. The van der Waals surface area contributed by atoms with Gasteiger partial charge in [0.25, 0.3) is 0 Å². The van der Waals surface area contributed by atoms with Crippen LogP contribution in [0.3, 0.4) is 0 Å². The summed E-state index contributed by atoms with van der Waals surface area (Å²) in [6.07, 6.45) is 2.09. The second-order valence-electron chi connectivity index (χ2n) is 2.37. The molecule has 0 amide bonds. The molecule has 0 saturated carbocycles. The van der Waals surface area contributed by atoms with Crippen molar-refractivity contribution in [2.75, 3.05) is 7.05 Å². The van der Waals surface area contributed by atoms with Gasteiger partial charge in [-0.15, -0.1) is 9.24 Å². The molecule has 2 atom stereocenters. The summed E-state index contributed by atoms with van der Waals surface area (Å²) < 4.78 is 0. The average molecular weight is 157 g/mol. The van der Waals surface area contributed by atoms with Crippen LogP contribution in [-0.4, -0.2) is 18.4 Å². The standard InChI is InChI=1S/C8H16NP/c1-5-6(2)8(9-4)7(3)10/h5,7H,10H2,1-4H3/b6-5-,9-8?. The molecule has 0 aliphatic carbocycles. The zero-order chi connectivity index (χ0) is 8.15. The van der Waals surface area contributed by atoms with Crippen molar-refractivity contribution >= 4 is 15.0 Å². The number of rotatable bonds is 2. The molecular weight excluding hydrogens is 141 g/mol. The topological polar surface area (TPSA) is 12.4 Å². The summed E-state index contributed by atoms with van der Waals surface area (Å²) in [6, 6.07) is 0. The fraction of sp³-hybridized carbons (Fsp3) is 0.625. The second-order valence-corrected chi connectivity index (χ2v) is 3.37. The molecule has 0 aromatic heterocycles. The van der Waals surface area contributed by atoms with Gasteiger partial charge >= 0.3 is 0 Å². The van der Waals surface area contributed by atoms with E-state index in [1.54, 1.807) is 0 Å². The Hall–Kier alpha value is -0.160. The average Bonchev–Trinajstić information content (AvgIpc) is 1.88. The molecule has 0 aliphatic rings. The van der Waals surface area contributed by atoms with Crippen LogP contribution >= 0.6 is 9.24 Å². The van der Waals surface area contributed by atoms with Crippen molar-refractivity contribution < 1.29 is 0 Å². The summed E-state index contributed by atoms with van der Waals surface area (Å²) in [5.74, 6) is 0. The van der Waals surface area contributed by atoms with Gasteiger partial charge in [-0.05, 0) is 19.4 Å². The molecule has 0 saturated heterocycles. The van der Waals surface area contributed by atoms with Crippen molar-refractivity contribution in [1.29, 1.82) is 0 Å². The minimum atomic E-state index is 0.459. The van der Waals surface area contributed by atoms with Crippen molar-refractivity contribution in [2.24, 2.45) is 4.99 Å². The molecule has 0 aromatic rings. The van der Waals surface area contributed by atoms with Gasteiger partial charge in [0.15, 0.2) is 0 Å². The molecule has 2 heteroatoms. The summed E-state index contributed by atoms with van der Waals surface area (Å²) in [5, 5.41) is 0. The molecule has 0 aromatic carbocycles. The first kappa shape index (κ1) is 9.84. The van der Waals surface area contributed by atoms with Gasteiger partial charge in [-0.2, -0.15) is 0 Å². The Bertz CT molecular complexity index is 157. The largest absolute Gasteiger partial charge is 0.292 e. The first-order chi connectivity index (χ1) is 4.63. The third-order valence-corrected chi connectivity index (χ3v) is 1.82. The molecule has 0 heterocycles. The Kier molecular flexibility index (Phi) is 4.55. The first-order valence-corrected chi connectivity index (χ1v) is 4.15. The summed E-state index contributed by atoms with van der Waals surface area (Å²) in [5.41, 5.74) is 2.90. The second kappa shape index (κ2) is 4.62. The summed E-state index contributed by atoms with van der Waals surface area (Å²) in [6.45, 7) is 6.25. The van der Waals surface area contributed by atoms with Gasteiger partial charge in [0.05, 0.1) is 0 Å². The Morgan fingerprint density at radius 3 is 2.20 bits per heavy atom. The number of allylic oxidation sites excluding steroid dienone is 2. The van der Waals surface area contributed by atoms with Crippen LogP contribution in [0, 0.1) is 0 Å². The Morgan fingerprint density at radius 1 is 1.60 bits per heavy atom. The summed E-state index contributed by atoms with van der Waals surface area (Å²) in [7, 11) is 4.58. The van der Waals surface area contributed by atoms with Crippen LogP contribution in [0.1, 0.15) is 20.8 Å². The molecule has 1 nitrogen and oxygen atoms in total. The van der Waals surface area contributed by atoms with Crippen LogP contribution in [0.2, 0.25) is 0 Å². The van der Waals surface area contributed by atoms with Gasteiger partial charge in [-0.3, -0.25) is 4.99 Å². The van der Waals surface area contributed by atoms with Gasteiger partial charge in [0.1, 0.15) is 0 Å². The van der Waals surface area contributed by atoms with Crippen LogP contribution in [0.15, 0.2) is 16.6 Å². The molecule has 2 unspecified atom stereocenters. The fourth-order valence-corrected chi connectivity index (χ4v) is 1.30. The molecule has 0 bridgehead atoms. The molecule has 0 rings (SSSR count). The Morgan fingerprint density at radius 2 is 2.10 bits per heavy atom. The van der Waals surface area contributed by atoms with Crippen LogP contribution in [0.5, 0.6) is 0 Å². The monoisotopic (exact) mass is 157 g/mol. The maximum atomic E-state index is 4.19. The van der Waals surface area contributed by atoms with Gasteiger partial charge in [0, 0.05) is 18.4 Å². The number of nitrogens with zero attached hydrogens (tertiary/aromatic N) is 1. The lowest BCUT2D eigenvalue weighted by atomic mass is 10.1. The molecular formula is C8H16NP. The quantitative estimate of drug-likeness (QED) is 0.430. The molecule has 0 N–H and O–H groups in total. The van der Waals surface area contributed by atoms with E-state index in [1.165, 1.54) is 11.3 Å². The first-order valence-electron chi connectivity index (χ1n) is 3.49. The molecule has 0 aliphatic heterocycles. The minimum absolute atomic E-state index is 0.459. The lowest BCUT2D eigenvalue weighted by Gasteiger charge is -2.08. The van der Waals surface area contributed by atoms with E-state index in [-0.39, 0.29) is 0 Å². The predicted molar refractivity (Wildman–Crippen MR) is 52.0 cm³/mol. The highest BCUT2D eigenvalue weighted by Gasteiger charge is 2.04. The van der Waals surface area contributed by atoms with Crippen molar-refractivity contribution in [2.45, 2.75) is 26.4 Å². The molecule has 0 fully saturated rings. The van der Waals surface area contributed by atoms with E-state index in [4.69, 9.17) is 0 Å². The maximum absolute atomic E-state index is 4.19. The van der Waals surface area contributed by atoms with E-state index in [9.17, 15) is 0 Å². The SMILES string of the molecule is C/C=C(/C)C(=NC)C(C)P. The number of aliphatic imine (C=N–C) groups is 1. The van der Waals surface area contributed by atoms with Crippen molar-refractivity contribution in [3.8, 4) is 0 Å². The lowest BCUT2D eigenvalue weighted by Crippen LogP contribution is -2.10. The summed E-state index contributed by atoms with van der Waals surface area (Å²) in [4.78, 5) is 4.19. The van der Waals surface area contributed by atoms with Gasteiger partial charge in [-0.25, -0.2) is 0 Å². The van der Waals surface area contributed by atoms with E-state index < -0.39 is 0 Å². The zero-order valence-corrected chi connectivity index (χ0v) is 8.33. The van der Waals surface area contributed by atoms with E-state index in [2.05, 4.69) is 34.2 Å². The van der Waals surface area contributed by atoms with Crippen molar-refractivity contribution in [1.82, 2.24) is 0 Å². The molecule has 58 valence electrons. The molecule has 0 spiro atoms. The maximum Gasteiger partial charge on any atom is 0.0436 e. The lowest BCUT2D eigenvalue weighted by molar-refractivity contribution is 1.24. The van der Waals surface area contributed by atoms with E-state index in [0.717, 1.165) is 0 Å². The summed E-state index contributed by atoms with van der Waals surface area (Å²) >= 11 is 0. The van der Waals surface area contributed by atoms with Crippen LogP contribution < -0.4 is 0 Å².